The third kappa shape index (κ3) is 2.96. The number of hydrogen-bond donors (Lipinski definition) is 2. The van der Waals surface area contributed by atoms with Crippen molar-refractivity contribution in [1.29, 1.82) is 0 Å². The molecule has 0 bridgehead atoms. The lowest BCUT2D eigenvalue weighted by Crippen LogP contribution is -2.07. The second-order valence-electron chi connectivity index (χ2n) is 3.33. The first-order chi connectivity index (χ1) is 7.35. The Hall–Kier alpha value is -1.56. The van der Waals surface area contributed by atoms with Crippen molar-refractivity contribution >= 4 is 15.8 Å². The van der Waals surface area contributed by atoms with E-state index in [-0.39, 0.29) is 22.8 Å². The van der Waals surface area contributed by atoms with Gasteiger partial charge in [0.15, 0.2) is 9.84 Å². The highest BCUT2D eigenvalue weighted by Gasteiger charge is 2.14. The topological polar surface area (TPSA) is 91.7 Å². The molecule has 0 aliphatic carbocycles. The van der Waals surface area contributed by atoms with Crippen molar-refractivity contribution in [3.8, 4) is 5.75 Å². The SMILES string of the molecule is CCS(=O)(=O)Cc1ccc(O)c(C(=O)O)c1. The van der Waals surface area contributed by atoms with E-state index in [2.05, 4.69) is 0 Å². The summed E-state index contributed by atoms with van der Waals surface area (Å²) in [4.78, 5) is 10.7. The van der Waals surface area contributed by atoms with Crippen LogP contribution in [0.25, 0.3) is 0 Å². The molecule has 0 atom stereocenters. The van der Waals surface area contributed by atoms with Gasteiger partial charge in [-0.05, 0) is 17.7 Å². The summed E-state index contributed by atoms with van der Waals surface area (Å²) in [6.07, 6.45) is 0. The molecular weight excluding hydrogens is 232 g/mol. The van der Waals surface area contributed by atoms with Gasteiger partial charge in [0.1, 0.15) is 11.3 Å². The first kappa shape index (κ1) is 12.5. The second-order valence-corrected chi connectivity index (χ2v) is 5.69. The van der Waals surface area contributed by atoms with Gasteiger partial charge in [0.05, 0.1) is 5.75 Å². The van der Waals surface area contributed by atoms with E-state index in [0.29, 0.717) is 5.56 Å². The minimum Gasteiger partial charge on any atom is -0.507 e. The summed E-state index contributed by atoms with van der Waals surface area (Å²) < 4.78 is 22.6. The predicted molar refractivity (Wildman–Crippen MR) is 58.2 cm³/mol. The lowest BCUT2D eigenvalue weighted by Gasteiger charge is -2.04. The Morgan fingerprint density at radius 2 is 2.00 bits per heavy atom. The van der Waals surface area contributed by atoms with Crippen LogP contribution < -0.4 is 0 Å². The maximum Gasteiger partial charge on any atom is 0.339 e. The molecule has 1 aromatic rings. The van der Waals surface area contributed by atoms with Crippen molar-refractivity contribution in [2.24, 2.45) is 0 Å². The molecule has 5 nitrogen and oxygen atoms in total. The summed E-state index contributed by atoms with van der Waals surface area (Å²) in [5.41, 5.74) is 0.0702. The van der Waals surface area contributed by atoms with Gasteiger partial charge in [-0.2, -0.15) is 0 Å². The van der Waals surface area contributed by atoms with Crippen LogP contribution in [0, 0.1) is 0 Å². The maximum atomic E-state index is 11.3. The van der Waals surface area contributed by atoms with Gasteiger partial charge in [-0.15, -0.1) is 0 Å². The van der Waals surface area contributed by atoms with Crippen molar-refractivity contribution in [2.75, 3.05) is 5.75 Å². The highest BCUT2D eigenvalue weighted by Crippen LogP contribution is 2.19. The lowest BCUT2D eigenvalue weighted by molar-refractivity contribution is 0.0693. The third-order valence-electron chi connectivity index (χ3n) is 2.12. The fourth-order valence-electron chi connectivity index (χ4n) is 1.20. The number of carboxylic acid groups (broad SMARTS) is 1. The van der Waals surface area contributed by atoms with Crippen LogP contribution in [0.5, 0.6) is 5.75 Å². The summed E-state index contributed by atoms with van der Waals surface area (Å²) in [6.45, 7) is 1.52. The zero-order valence-electron chi connectivity index (χ0n) is 8.67. The largest absolute Gasteiger partial charge is 0.507 e. The van der Waals surface area contributed by atoms with Gasteiger partial charge < -0.3 is 10.2 Å². The zero-order chi connectivity index (χ0) is 12.3. The highest BCUT2D eigenvalue weighted by molar-refractivity contribution is 7.90. The molecule has 0 aliphatic rings. The minimum atomic E-state index is -3.20. The van der Waals surface area contributed by atoms with Crippen LogP contribution >= 0.6 is 0 Å². The zero-order valence-corrected chi connectivity index (χ0v) is 9.49. The van der Waals surface area contributed by atoms with Crippen LogP contribution in [0.15, 0.2) is 18.2 Å². The number of benzene rings is 1. The Bertz CT molecular complexity index is 504. The van der Waals surface area contributed by atoms with Gasteiger partial charge in [0.25, 0.3) is 0 Å². The smallest absolute Gasteiger partial charge is 0.339 e. The van der Waals surface area contributed by atoms with Crippen molar-refractivity contribution in [3.63, 3.8) is 0 Å². The van der Waals surface area contributed by atoms with Crippen molar-refractivity contribution in [1.82, 2.24) is 0 Å². The van der Waals surface area contributed by atoms with Crippen LogP contribution in [0.1, 0.15) is 22.8 Å². The van der Waals surface area contributed by atoms with E-state index >= 15 is 0 Å². The number of rotatable bonds is 4. The monoisotopic (exact) mass is 244 g/mol. The van der Waals surface area contributed by atoms with E-state index in [4.69, 9.17) is 5.11 Å². The Morgan fingerprint density at radius 3 is 2.50 bits per heavy atom. The molecule has 0 saturated heterocycles. The van der Waals surface area contributed by atoms with Gasteiger partial charge in [0, 0.05) is 5.75 Å². The molecule has 1 aromatic carbocycles. The van der Waals surface area contributed by atoms with Crippen LogP contribution in [0.3, 0.4) is 0 Å². The molecule has 0 radical (unpaired) electrons. The average molecular weight is 244 g/mol. The molecule has 0 aromatic heterocycles. The first-order valence-electron chi connectivity index (χ1n) is 4.61. The fraction of sp³-hybridized carbons (Fsp3) is 0.300. The molecule has 2 N–H and O–H groups in total. The maximum absolute atomic E-state index is 11.3. The summed E-state index contributed by atoms with van der Waals surface area (Å²) >= 11 is 0. The number of aromatic carboxylic acids is 1. The van der Waals surface area contributed by atoms with Crippen LogP contribution in [0.2, 0.25) is 0 Å². The Kier molecular flexibility index (Phi) is 3.54. The number of carbonyl (C=O) groups is 1. The van der Waals surface area contributed by atoms with Crippen LogP contribution in [-0.4, -0.2) is 30.4 Å². The molecule has 0 amide bonds. The number of aromatic hydroxyl groups is 1. The molecule has 0 spiro atoms. The summed E-state index contributed by atoms with van der Waals surface area (Å²) in [7, 11) is -3.20. The number of hydrogen-bond acceptors (Lipinski definition) is 4. The van der Waals surface area contributed by atoms with E-state index in [1.807, 2.05) is 0 Å². The summed E-state index contributed by atoms with van der Waals surface area (Å²) in [5.74, 6) is -1.88. The molecule has 0 saturated carbocycles. The van der Waals surface area contributed by atoms with Gasteiger partial charge in [-0.3, -0.25) is 0 Å². The average Bonchev–Trinajstić information content (AvgIpc) is 2.20. The van der Waals surface area contributed by atoms with E-state index in [1.165, 1.54) is 25.1 Å². The van der Waals surface area contributed by atoms with Gasteiger partial charge in [0.2, 0.25) is 0 Å². The van der Waals surface area contributed by atoms with E-state index in [9.17, 15) is 18.3 Å². The Balaban J connectivity index is 3.09. The molecule has 1 rings (SSSR count). The van der Waals surface area contributed by atoms with E-state index < -0.39 is 15.8 Å². The second kappa shape index (κ2) is 4.52. The third-order valence-corrected chi connectivity index (χ3v) is 3.77. The molecule has 0 aliphatic heterocycles. The molecule has 16 heavy (non-hydrogen) atoms. The molecule has 0 unspecified atom stereocenters. The molecule has 88 valence electrons. The van der Waals surface area contributed by atoms with Crippen LogP contribution in [-0.2, 0) is 15.6 Å². The van der Waals surface area contributed by atoms with E-state index in [1.54, 1.807) is 0 Å². The predicted octanol–water partition coefficient (Wildman–Crippen LogP) is 1.03. The normalized spacial score (nSPS) is 11.3. The molecule has 6 heteroatoms. The highest BCUT2D eigenvalue weighted by atomic mass is 32.2. The van der Waals surface area contributed by atoms with Gasteiger partial charge >= 0.3 is 5.97 Å². The van der Waals surface area contributed by atoms with Crippen molar-refractivity contribution in [2.45, 2.75) is 12.7 Å². The van der Waals surface area contributed by atoms with Crippen LogP contribution in [0.4, 0.5) is 0 Å². The summed E-state index contributed by atoms with van der Waals surface area (Å²) in [6, 6.07) is 3.75. The first-order valence-corrected chi connectivity index (χ1v) is 6.43. The van der Waals surface area contributed by atoms with E-state index in [0.717, 1.165) is 0 Å². The van der Waals surface area contributed by atoms with Crippen molar-refractivity contribution < 1.29 is 23.4 Å². The Morgan fingerprint density at radius 1 is 1.38 bits per heavy atom. The summed E-state index contributed by atoms with van der Waals surface area (Å²) in [5, 5.41) is 18.0. The molecular formula is C10H12O5S. The lowest BCUT2D eigenvalue weighted by atomic mass is 10.1. The number of sulfone groups is 1. The van der Waals surface area contributed by atoms with Gasteiger partial charge in [-0.25, -0.2) is 13.2 Å². The number of phenols is 1. The standard InChI is InChI=1S/C10H12O5S/c1-2-16(14,15)6-7-3-4-9(11)8(5-7)10(12)13/h3-5,11H,2,6H2,1H3,(H,12,13). The Labute approximate surface area is 93.3 Å². The van der Waals surface area contributed by atoms with Crippen molar-refractivity contribution in [3.05, 3.63) is 29.3 Å². The molecule has 0 heterocycles. The number of carboxylic acids is 1. The molecule has 0 fully saturated rings. The van der Waals surface area contributed by atoms with Gasteiger partial charge in [-0.1, -0.05) is 13.0 Å². The quantitative estimate of drug-likeness (QED) is 0.825. The minimum absolute atomic E-state index is 0.00369. The fourth-order valence-corrected chi connectivity index (χ4v) is 2.09.